The van der Waals surface area contributed by atoms with E-state index in [1.54, 1.807) is 0 Å². The quantitative estimate of drug-likeness (QED) is 0.211. The van der Waals surface area contributed by atoms with Gasteiger partial charge in [-0.2, -0.15) is 0 Å². The molecule has 1 aliphatic carbocycles. The van der Waals surface area contributed by atoms with Gasteiger partial charge >= 0.3 is 0 Å². The molecular formula is C36H30N2. The molecule has 184 valence electrons. The van der Waals surface area contributed by atoms with E-state index in [9.17, 15) is 0 Å². The monoisotopic (exact) mass is 490 g/mol. The second-order valence-corrected chi connectivity index (χ2v) is 9.61. The van der Waals surface area contributed by atoms with Crippen LogP contribution in [0.4, 0.5) is 0 Å². The zero-order chi connectivity index (χ0) is 25.9. The molecule has 1 aromatic heterocycles. The largest absolute Gasteiger partial charge is 0.312 e. The second kappa shape index (κ2) is 10.4. The summed E-state index contributed by atoms with van der Waals surface area (Å²) in [5, 5.41) is 1.27. The summed E-state index contributed by atoms with van der Waals surface area (Å²) in [4.78, 5) is 4.78. The highest BCUT2D eigenvalue weighted by Crippen LogP contribution is 2.39. The van der Waals surface area contributed by atoms with E-state index < -0.39 is 0 Å². The predicted octanol–water partition coefficient (Wildman–Crippen LogP) is 9.40. The Kier molecular flexibility index (Phi) is 6.46. The third-order valence-electron chi connectivity index (χ3n) is 7.32. The Morgan fingerprint density at radius 2 is 1.42 bits per heavy atom. The van der Waals surface area contributed by atoms with Gasteiger partial charge in [-0.25, -0.2) is 0 Å². The van der Waals surface area contributed by atoms with Gasteiger partial charge in [-0.1, -0.05) is 110 Å². The molecule has 0 radical (unpaired) electrons. The minimum Gasteiger partial charge on any atom is -0.312 e. The Bertz CT molecular complexity index is 1700. The van der Waals surface area contributed by atoms with E-state index in [4.69, 9.17) is 4.99 Å². The summed E-state index contributed by atoms with van der Waals surface area (Å²) in [5.41, 5.74) is 11.8. The molecule has 38 heavy (non-hydrogen) atoms. The smallest absolute Gasteiger partial charge is 0.0631 e. The van der Waals surface area contributed by atoms with Crippen LogP contribution in [-0.2, 0) is 6.42 Å². The number of aromatic nitrogens is 1. The van der Waals surface area contributed by atoms with Gasteiger partial charge < -0.3 is 4.57 Å². The molecule has 6 rings (SSSR count). The normalized spacial score (nSPS) is 13.5. The van der Waals surface area contributed by atoms with Crippen molar-refractivity contribution in [1.29, 1.82) is 0 Å². The van der Waals surface area contributed by atoms with E-state index in [0.29, 0.717) is 0 Å². The van der Waals surface area contributed by atoms with Crippen molar-refractivity contribution in [3.63, 3.8) is 0 Å². The Balaban J connectivity index is 1.50. The van der Waals surface area contributed by atoms with Gasteiger partial charge in [-0.15, -0.1) is 0 Å². The Labute approximate surface area is 224 Å². The van der Waals surface area contributed by atoms with E-state index in [2.05, 4.69) is 109 Å². The second-order valence-electron chi connectivity index (χ2n) is 9.61. The van der Waals surface area contributed by atoms with Crippen LogP contribution in [0.5, 0.6) is 0 Å². The standard InChI is InChI=1S/C36H30N2/c1-3-32(25-37-26(2)27-13-7-4-8-14-27)38-35-21-19-30(28-15-9-5-10-16-28)23-33(35)34-24-31(20-22-36(34)38)29-17-11-6-12-18-29/h3-19,21,23-25H,2,20,22H2,1H3/b32-3+,37-25?. The van der Waals surface area contributed by atoms with Crippen LogP contribution in [0.15, 0.2) is 127 Å². The first-order valence-electron chi connectivity index (χ1n) is 13.2. The summed E-state index contributed by atoms with van der Waals surface area (Å²) in [5.74, 6) is 0. The van der Waals surface area contributed by atoms with Crippen LogP contribution in [-0.4, -0.2) is 10.8 Å². The Hall–Kier alpha value is -4.69. The van der Waals surface area contributed by atoms with Crippen molar-refractivity contribution in [2.45, 2.75) is 19.8 Å². The number of aliphatic imine (C=N–C) groups is 1. The maximum atomic E-state index is 4.78. The molecule has 0 aliphatic heterocycles. The molecule has 0 unspecified atom stereocenters. The number of fused-ring (bicyclic) bond motifs is 3. The van der Waals surface area contributed by atoms with Crippen molar-refractivity contribution < 1.29 is 0 Å². The van der Waals surface area contributed by atoms with Gasteiger partial charge in [0.1, 0.15) is 0 Å². The van der Waals surface area contributed by atoms with Crippen LogP contribution in [0.25, 0.3) is 45.1 Å². The lowest BCUT2D eigenvalue weighted by Crippen LogP contribution is -2.07. The number of rotatable bonds is 6. The van der Waals surface area contributed by atoms with Gasteiger partial charge in [0, 0.05) is 16.6 Å². The van der Waals surface area contributed by atoms with Crippen LogP contribution in [0.3, 0.4) is 0 Å². The summed E-state index contributed by atoms with van der Waals surface area (Å²) >= 11 is 0. The number of hydrogen-bond acceptors (Lipinski definition) is 1. The van der Waals surface area contributed by atoms with E-state index >= 15 is 0 Å². The fraction of sp³-hybridized carbons (Fsp3) is 0.0833. The van der Waals surface area contributed by atoms with Gasteiger partial charge in [0.25, 0.3) is 0 Å². The lowest BCUT2D eigenvalue weighted by Gasteiger charge is -2.18. The number of benzene rings is 4. The van der Waals surface area contributed by atoms with E-state index in [1.807, 2.05) is 36.5 Å². The first kappa shape index (κ1) is 23.7. The number of nitrogens with zero attached hydrogens (tertiary/aromatic N) is 2. The Morgan fingerprint density at radius 1 is 0.763 bits per heavy atom. The molecule has 0 atom stereocenters. The molecule has 1 heterocycles. The highest BCUT2D eigenvalue weighted by atomic mass is 15.0. The van der Waals surface area contributed by atoms with Gasteiger partial charge in [-0.3, -0.25) is 4.99 Å². The SMILES string of the molecule is C=C(N=C/C(=C\C)n1c2c(c3cc(-c4ccccc4)ccc31)C=C(c1ccccc1)CC2)c1ccccc1. The highest BCUT2D eigenvalue weighted by Gasteiger charge is 2.22. The van der Waals surface area contributed by atoms with E-state index in [-0.39, 0.29) is 0 Å². The van der Waals surface area contributed by atoms with Crippen LogP contribution in [0, 0.1) is 0 Å². The molecule has 2 nitrogen and oxygen atoms in total. The minimum atomic E-state index is 0.757. The van der Waals surface area contributed by atoms with Crippen LogP contribution >= 0.6 is 0 Å². The van der Waals surface area contributed by atoms with Crippen molar-refractivity contribution in [1.82, 2.24) is 4.57 Å². The Morgan fingerprint density at radius 3 is 2.11 bits per heavy atom. The molecular weight excluding hydrogens is 460 g/mol. The fourth-order valence-corrected chi connectivity index (χ4v) is 5.37. The molecule has 1 aliphatic rings. The van der Waals surface area contributed by atoms with Crippen molar-refractivity contribution in [2.75, 3.05) is 0 Å². The average Bonchev–Trinajstić information content (AvgIpc) is 3.31. The molecule has 0 spiro atoms. The average molecular weight is 491 g/mol. The molecule has 5 aromatic rings. The molecule has 2 heteroatoms. The highest BCUT2D eigenvalue weighted by molar-refractivity contribution is 6.10. The van der Waals surface area contributed by atoms with Crippen molar-refractivity contribution in [2.24, 2.45) is 4.99 Å². The van der Waals surface area contributed by atoms with Crippen LogP contribution in [0.1, 0.15) is 35.7 Å². The van der Waals surface area contributed by atoms with Crippen LogP contribution < -0.4 is 0 Å². The molecule has 0 saturated heterocycles. The first-order valence-corrected chi connectivity index (χ1v) is 13.2. The summed E-state index contributed by atoms with van der Waals surface area (Å²) < 4.78 is 2.39. The fourth-order valence-electron chi connectivity index (χ4n) is 5.37. The van der Waals surface area contributed by atoms with Crippen molar-refractivity contribution in [3.05, 3.63) is 144 Å². The maximum Gasteiger partial charge on any atom is 0.0631 e. The summed E-state index contributed by atoms with van der Waals surface area (Å²) in [7, 11) is 0. The maximum absolute atomic E-state index is 4.78. The van der Waals surface area contributed by atoms with Gasteiger partial charge in [0.05, 0.1) is 23.1 Å². The third-order valence-corrected chi connectivity index (χ3v) is 7.32. The van der Waals surface area contributed by atoms with Gasteiger partial charge in [-0.05, 0) is 65.8 Å². The topological polar surface area (TPSA) is 17.3 Å². The lowest BCUT2D eigenvalue weighted by molar-refractivity contribution is 0.914. The van der Waals surface area contributed by atoms with Crippen LogP contribution in [0.2, 0.25) is 0 Å². The minimum absolute atomic E-state index is 0.757. The zero-order valence-electron chi connectivity index (χ0n) is 21.6. The zero-order valence-corrected chi connectivity index (χ0v) is 21.6. The molecule has 0 amide bonds. The van der Waals surface area contributed by atoms with Crippen molar-refractivity contribution in [3.8, 4) is 11.1 Å². The number of allylic oxidation sites excluding steroid dienone is 3. The van der Waals surface area contributed by atoms with E-state index in [0.717, 1.165) is 29.8 Å². The van der Waals surface area contributed by atoms with Gasteiger partial charge in [0.2, 0.25) is 0 Å². The molecule has 0 saturated carbocycles. The molecule has 0 fully saturated rings. The molecule has 0 N–H and O–H groups in total. The van der Waals surface area contributed by atoms with Crippen molar-refractivity contribution >= 4 is 40.2 Å². The van der Waals surface area contributed by atoms with E-state index in [1.165, 1.54) is 44.4 Å². The summed E-state index contributed by atoms with van der Waals surface area (Å²) in [6.07, 6.45) is 8.47. The first-order chi connectivity index (χ1) is 18.7. The lowest BCUT2D eigenvalue weighted by atomic mass is 9.91. The summed E-state index contributed by atoms with van der Waals surface area (Å²) in [6, 6.07) is 38.3. The molecule has 0 bridgehead atoms. The predicted molar refractivity (Wildman–Crippen MR) is 164 cm³/mol. The number of hydrogen-bond donors (Lipinski definition) is 0. The summed E-state index contributed by atoms with van der Waals surface area (Å²) in [6.45, 7) is 6.29. The third kappa shape index (κ3) is 4.46. The molecule has 4 aromatic carbocycles. The van der Waals surface area contributed by atoms with Gasteiger partial charge in [0.15, 0.2) is 0 Å².